The molecule has 4 nitrogen and oxygen atoms in total. The maximum absolute atomic E-state index is 13.5. The highest BCUT2D eigenvalue weighted by Crippen LogP contribution is 2.37. The van der Waals surface area contributed by atoms with Crippen LogP contribution in [0.25, 0.3) is 0 Å². The third kappa shape index (κ3) is 4.93. The quantitative estimate of drug-likeness (QED) is 0.594. The minimum absolute atomic E-state index is 0.0216. The van der Waals surface area contributed by atoms with Crippen molar-refractivity contribution in [1.82, 2.24) is 9.80 Å². The molecule has 0 bridgehead atoms. The first-order valence-corrected chi connectivity index (χ1v) is 10.9. The van der Waals surface area contributed by atoms with Crippen LogP contribution < -0.4 is 0 Å². The van der Waals surface area contributed by atoms with Crippen molar-refractivity contribution in [3.05, 3.63) is 70.2 Å². The number of halogens is 1. The van der Waals surface area contributed by atoms with Gasteiger partial charge in [0.05, 0.1) is 6.04 Å². The highest BCUT2D eigenvalue weighted by Gasteiger charge is 2.33. The van der Waals surface area contributed by atoms with Crippen LogP contribution in [-0.2, 0) is 16.0 Å². The summed E-state index contributed by atoms with van der Waals surface area (Å²) in [5.41, 5.74) is 1.97. The largest absolute Gasteiger partial charge is 0.330 e. The number of thiophene rings is 1. The minimum Gasteiger partial charge on any atom is -0.330 e. The predicted octanol–water partition coefficient (Wildman–Crippen LogP) is 4.57. The van der Waals surface area contributed by atoms with Gasteiger partial charge in [0.2, 0.25) is 11.8 Å². The van der Waals surface area contributed by atoms with E-state index in [0.717, 1.165) is 30.4 Å². The molecule has 1 aromatic heterocycles. The normalized spacial score (nSPS) is 15.7. The first-order valence-electron chi connectivity index (χ1n) is 10.0. The number of nitrogens with zero attached hydrogens (tertiary/aromatic N) is 2. The van der Waals surface area contributed by atoms with Crippen molar-refractivity contribution in [1.29, 1.82) is 0 Å². The van der Waals surface area contributed by atoms with E-state index in [2.05, 4.69) is 6.58 Å². The molecule has 6 heteroatoms. The van der Waals surface area contributed by atoms with Crippen LogP contribution in [0.2, 0.25) is 0 Å². The SMILES string of the molecule is C=CCN(CC(=O)N1CCc2sccc2[C@@H]1c1ccc(F)cc1)C(=O)CCCC. The number of carbonyl (C=O) groups is 2. The van der Waals surface area contributed by atoms with Gasteiger partial charge in [-0.05, 0) is 47.5 Å². The molecule has 2 heterocycles. The van der Waals surface area contributed by atoms with Gasteiger partial charge in [-0.2, -0.15) is 0 Å². The van der Waals surface area contributed by atoms with Crippen LogP contribution in [0.4, 0.5) is 4.39 Å². The number of unbranched alkanes of at least 4 members (excludes halogenated alkanes) is 1. The van der Waals surface area contributed by atoms with Crippen LogP contribution in [-0.4, -0.2) is 41.2 Å². The standard InChI is InChI=1S/C23H27FN2O2S/c1-3-5-6-21(27)25(13-4-2)16-22(28)26-14-11-20-19(12-15-29-20)23(26)17-7-9-18(24)10-8-17/h4,7-10,12,15,23H,2-3,5-6,11,13-14,16H2,1H3/t23-/m0/s1. The van der Waals surface area contributed by atoms with Gasteiger partial charge < -0.3 is 9.80 Å². The Hall–Kier alpha value is -2.47. The zero-order valence-electron chi connectivity index (χ0n) is 16.8. The molecule has 0 unspecified atom stereocenters. The Kier molecular flexibility index (Phi) is 7.20. The molecule has 1 atom stereocenters. The Morgan fingerprint density at radius 1 is 1.31 bits per heavy atom. The molecule has 29 heavy (non-hydrogen) atoms. The smallest absolute Gasteiger partial charge is 0.243 e. The Morgan fingerprint density at radius 3 is 2.76 bits per heavy atom. The number of hydrogen-bond donors (Lipinski definition) is 0. The topological polar surface area (TPSA) is 40.6 Å². The average molecular weight is 415 g/mol. The molecule has 2 amide bonds. The number of amides is 2. The molecule has 3 rings (SSSR count). The Balaban J connectivity index is 1.84. The van der Waals surface area contributed by atoms with Crippen molar-refractivity contribution in [2.75, 3.05) is 19.6 Å². The summed E-state index contributed by atoms with van der Waals surface area (Å²) in [7, 11) is 0. The van der Waals surface area contributed by atoms with Crippen molar-refractivity contribution in [3.63, 3.8) is 0 Å². The van der Waals surface area contributed by atoms with E-state index in [-0.39, 0.29) is 30.2 Å². The average Bonchev–Trinajstić information content (AvgIpc) is 3.20. The fourth-order valence-corrected chi connectivity index (χ4v) is 4.64. The van der Waals surface area contributed by atoms with Gasteiger partial charge in [0, 0.05) is 24.4 Å². The summed E-state index contributed by atoms with van der Waals surface area (Å²) in [6, 6.07) is 8.12. The van der Waals surface area contributed by atoms with Crippen molar-refractivity contribution in [2.45, 2.75) is 38.6 Å². The third-order valence-electron chi connectivity index (χ3n) is 5.24. The first-order chi connectivity index (χ1) is 14.0. The molecule has 0 spiro atoms. The lowest BCUT2D eigenvalue weighted by atomic mass is 9.93. The number of rotatable bonds is 8. The molecule has 1 aromatic carbocycles. The van der Waals surface area contributed by atoms with E-state index >= 15 is 0 Å². The highest BCUT2D eigenvalue weighted by atomic mass is 32.1. The summed E-state index contributed by atoms with van der Waals surface area (Å²) in [6.07, 6.45) is 4.62. The minimum atomic E-state index is -0.299. The van der Waals surface area contributed by atoms with E-state index in [1.807, 2.05) is 23.3 Å². The Bertz CT molecular complexity index is 862. The van der Waals surface area contributed by atoms with Gasteiger partial charge >= 0.3 is 0 Å². The molecule has 0 saturated carbocycles. The zero-order valence-corrected chi connectivity index (χ0v) is 17.6. The second-order valence-electron chi connectivity index (χ2n) is 7.26. The lowest BCUT2D eigenvalue weighted by Gasteiger charge is -2.37. The van der Waals surface area contributed by atoms with E-state index < -0.39 is 0 Å². The van der Waals surface area contributed by atoms with Crippen LogP contribution in [0.15, 0.2) is 48.4 Å². The van der Waals surface area contributed by atoms with E-state index in [9.17, 15) is 14.0 Å². The Morgan fingerprint density at radius 2 is 2.07 bits per heavy atom. The molecule has 0 N–H and O–H groups in total. The van der Waals surface area contributed by atoms with Gasteiger partial charge in [0.1, 0.15) is 12.4 Å². The van der Waals surface area contributed by atoms with Crippen LogP contribution >= 0.6 is 11.3 Å². The van der Waals surface area contributed by atoms with Crippen molar-refractivity contribution < 1.29 is 14.0 Å². The van der Waals surface area contributed by atoms with Gasteiger partial charge in [-0.3, -0.25) is 9.59 Å². The molecule has 0 fully saturated rings. The second kappa shape index (κ2) is 9.83. The molecule has 1 aliphatic heterocycles. The monoisotopic (exact) mass is 414 g/mol. The van der Waals surface area contributed by atoms with E-state index in [1.54, 1.807) is 34.4 Å². The van der Waals surface area contributed by atoms with Crippen molar-refractivity contribution >= 4 is 23.2 Å². The zero-order chi connectivity index (χ0) is 20.8. The summed E-state index contributed by atoms with van der Waals surface area (Å²) >= 11 is 1.69. The maximum Gasteiger partial charge on any atom is 0.243 e. The van der Waals surface area contributed by atoms with Gasteiger partial charge in [-0.1, -0.05) is 31.6 Å². The molecule has 0 radical (unpaired) electrons. The maximum atomic E-state index is 13.5. The summed E-state index contributed by atoms with van der Waals surface area (Å²) in [5, 5.41) is 2.04. The fourth-order valence-electron chi connectivity index (χ4n) is 3.74. The summed E-state index contributed by atoms with van der Waals surface area (Å²) in [4.78, 5) is 30.5. The van der Waals surface area contributed by atoms with Crippen LogP contribution in [0, 0.1) is 5.82 Å². The molecular weight excluding hydrogens is 387 g/mol. The first kappa shape index (κ1) is 21.2. The molecule has 2 aromatic rings. The van der Waals surface area contributed by atoms with E-state index in [0.29, 0.717) is 19.5 Å². The van der Waals surface area contributed by atoms with Gasteiger partial charge in [0.25, 0.3) is 0 Å². The summed E-state index contributed by atoms with van der Waals surface area (Å²) in [6.45, 7) is 6.73. The third-order valence-corrected chi connectivity index (χ3v) is 6.24. The van der Waals surface area contributed by atoms with Gasteiger partial charge in [0.15, 0.2) is 0 Å². The van der Waals surface area contributed by atoms with Crippen LogP contribution in [0.3, 0.4) is 0 Å². The molecule has 154 valence electrons. The van der Waals surface area contributed by atoms with E-state index in [4.69, 9.17) is 0 Å². The Labute approximate surface area is 175 Å². The molecular formula is C23H27FN2O2S. The van der Waals surface area contributed by atoms with Crippen molar-refractivity contribution in [3.8, 4) is 0 Å². The number of fused-ring (bicyclic) bond motifs is 1. The molecule has 1 aliphatic rings. The number of benzene rings is 1. The summed E-state index contributed by atoms with van der Waals surface area (Å²) in [5.74, 6) is -0.416. The van der Waals surface area contributed by atoms with E-state index in [1.165, 1.54) is 17.0 Å². The van der Waals surface area contributed by atoms with Crippen LogP contribution in [0.1, 0.15) is 48.2 Å². The fraction of sp³-hybridized carbons (Fsp3) is 0.391. The second-order valence-corrected chi connectivity index (χ2v) is 8.26. The van der Waals surface area contributed by atoms with Crippen molar-refractivity contribution in [2.24, 2.45) is 0 Å². The summed E-state index contributed by atoms with van der Waals surface area (Å²) < 4.78 is 13.5. The molecule has 0 aliphatic carbocycles. The number of carbonyl (C=O) groups excluding carboxylic acids is 2. The lowest BCUT2D eigenvalue weighted by molar-refractivity contribution is -0.141. The highest BCUT2D eigenvalue weighted by molar-refractivity contribution is 7.10. The van der Waals surface area contributed by atoms with Gasteiger partial charge in [-0.25, -0.2) is 4.39 Å². The molecule has 0 saturated heterocycles. The van der Waals surface area contributed by atoms with Gasteiger partial charge in [-0.15, -0.1) is 17.9 Å². The predicted molar refractivity (Wildman–Crippen MR) is 114 cm³/mol. The lowest BCUT2D eigenvalue weighted by Crippen LogP contribution is -2.46. The van der Waals surface area contributed by atoms with Crippen LogP contribution in [0.5, 0.6) is 0 Å². The number of hydrogen-bond acceptors (Lipinski definition) is 3.